The number of para-hydroxylation sites is 4. The highest BCUT2D eigenvalue weighted by atomic mass is 16.3. The van der Waals surface area contributed by atoms with Crippen LogP contribution in [0.5, 0.6) is 0 Å². The maximum atomic E-state index is 8.05. The molecule has 11 rings (SSSR count). The van der Waals surface area contributed by atoms with E-state index in [1.165, 1.54) is 0 Å². The Kier molecular flexibility index (Phi) is 6.18. The number of rotatable bonds is 4. The van der Waals surface area contributed by atoms with Crippen molar-refractivity contribution in [3.05, 3.63) is 169 Å². The SMILES string of the molecule is [C-]#[N+]c1ccc(-n2c3ccccc3c3ccc4oc5ccccc5c4c32)c(-c2nc(-c3ccccc3)nc(-n3c4ccccc4c4ccccc43)n2)c1. The lowest BCUT2D eigenvalue weighted by Crippen LogP contribution is -2.07. The summed E-state index contributed by atoms with van der Waals surface area (Å²) in [4.78, 5) is 19.5. The maximum Gasteiger partial charge on any atom is 0.238 e. The van der Waals surface area contributed by atoms with Gasteiger partial charge in [-0.05, 0) is 48.5 Å². The van der Waals surface area contributed by atoms with Crippen LogP contribution in [0.15, 0.2) is 162 Å². The van der Waals surface area contributed by atoms with Crippen LogP contribution in [-0.2, 0) is 0 Å². The van der Waals surface area contributed by atoms with E-state index in [1.807, 2.05) is 78.9 Å². The van der Waals surface area contributed by atoms with E-state index >= 15 is 0 Å². The average Bonchev–Trinajstić information content (AvgIpc) is 3.88. The number of benzene rings is 7. The molecule has 0 aliphatic heterocycles. The zero-order chi connectivity index (χ0) is 35.0. The fourth-order valence-corrected chi connectivity index (χ4v) is 7.92. The van der Waals surface area contributed by atoms with Crippen molar-refractivity contribution in [1.29, 1.82) is 0 Å². The molecule has 4 heterocycles. The van der Waals surface area contributed by atoms with Crippen LogP contribution in [0, 0.1) is 6.57 Å². The van der Waals surface area contributed by atoms with Crippen LogP contribution < -0.4 is 0 Å². The highest BCUT2D eigenvalue weighted by molar-refractivity contribution is 6.24. The van der Waals surface area contributed by atoms with E-state index in [4.69, 9.17) is 25.9 Å². The standard InChI is InChI=1S/C46H26N6O/c1-47-29-23-25-39(51-36-19-9-7-17-32(36)33-24-26-41-42(43(33)51)34-18-8-12-22-40(34)53-41)35(27-29)45-48-44(28-13-3-2-4-14-28)49-46(50-45)52-37-20-10-5-15-30(37)31-16-6-11-21-38(31)52/h2-27H. The summed E-state index contributed by atoms with van der Waals surface area (Å²) in [7, 11) is 0. The normalized spacial score (nSPS) is 11.8. The van der Waals surface area contributed by atoms with Gasteiger partial charge in [0.1, 0.15) is 11.2 Å². The molecule has 0 atom stereocenters. The fourth-order valence-electron chi connectivity index (χ4n) is 7.92. The second kappa shape index (κ2) is 11.2. The third-order valence-corrected chi connectivity index (χ3v) is 10.2. The van der Waals surface area contributed by atoms with Gasteiger partial charge in [-0.2, -0.15) is 9.97 Å². The minimum atomic E-state index is 0.464. The summed E-state index contributed by atoms with van der Waals surface area (Å²) in [5.74, 6) is 1.50. The summed E-state index contributed by atoms with van der Waals surface area (Å²) in [6.07, 6.45) is 0. The quantitative estimate of drug-likeness (QED) is 0.174. The predicted molar refractivity (Wildman–Crippen MR) is 213 cm³/mol. The molecule has 0 amide bonds. The molecule has 7 aromatic carbocycles. The Balaban J connectivity index is 1.27. The molecule has 0 radical (unpaired) electrons. The molecule has 246 valence electrons. The van der Waals surface area contributed by atoms with Crippen molar-refractivity contribution >= 4 is 71.2 Å². The molecule has 0 spiro atoms. The highest BCUT2D eigenvalue weighted by Gasteiger charge is 2.23. The molecule has 11 aromatic rings. The molecule has 0 aliphatic carbocycles. The van der Waals surface area contributed by atoms with E-state index in [1.54, 1.807) is 0 Å². The predicted octanol–water partition coefficient (Wildman–Crippen LogP) is 11.8. The molecule has 0 saturated heterocycles. The molecule has 7 heteroatoms. The van der Waals surface area contributed by atoms with Gasteiger partial charge in [-0.25, -0.2) is 9.83 Å². The van der Waals surface area contributed by atoms with Gasteiger partial charge in [0.05, 0.1) is 39.7 Å². The molecule has 53 heavy (non-hydrogen) atoms. The molecule has 0 N–H and O–H groups in total. The third kappa shape index (κ3) is 4.30. The minimum absolute atomic E-state index is 0.464. The van der Waals surface area contributed by atoms with Crippen LogP contribution >= 0.6 is 0 Å². The molecule has 0 unspecified atom stereocenters. The van der Waals surface area contributed by atoms with Crippen LogP contribution in [0.25, 0.3) is 105 Å². The smallest absolute Gasteiger partial charge is 0.238 e. The van der Waals surface area contributed by atoms with E-state index in [0.717, 1.165) is 76.8 Å². The van der Waals surface area contributed by atoms with Gasteiger partial charge in [0.25, 0.3) is 0 Å². The van der Waals surface area contributed by atoms with E-state index in [-0.39, 0.29) is 0 Å². The fraction of sp³-hybridized carbons (Fsp3) is 0. The van der Waals surface area contributed by atoms with Gasteiger partial charge in [-0.1, -0.05) is 109 Å². The maximum absolute atomic E-state index is 8.05. The Morgan fingerprint density at radius 1 is 0.491 bits per heavy atom. The average molecular weight is 679 g/mol. The van der Waals surface area contributed by atoms with Gasteiger partial charge in [-0.3, -0.25) is 4.57 Å². The van der Waals surface area contributed by atoms with Crippen LogP contribution in [0.1, 0.15) is 0 Å². The molecule has 7 nitrogen and oxygen atoms in total. The van der Waals surface area contributed by atoms with Crippen molar-refractivity contribution in [3.8, 4) is 34.4 Å². The zero-order valence-electron chi connectivity index (χ0n) is 28.1. The molecule has 0 fully saturated rings. The van der Waals surface area contributed by atoms with Crippen molar-refractivity contribution in [1.82, 2.24) is 24.1 Å². The number of hydrogen-bond acceptors (Lipinski definition) is 4. The topological polar surface area (TPSA) is 66.0 Å². The van der Waals surface area contributed by atoms with Crippen molar-refractivity contribution in [2.45, 2.75) is 0 Å². The lowest BCUT2D eigenvalue weighted by atomic mass is 10.1. The summed E-state index contributed by atoms with van der Waals surface area (Å²) >= 11 is 0. The number of fused-ring (bicyclic) bond motifs is 10. The number of hydrogen-bond donors (Lipinski definition) is 0. The molecule has 4 aromatic heterocycles. The molecule has 0 saturated carbocycles. The first-order chi connectivity index (χ1) is 26.2. The van der Waals surface area contributed by atoms with E-state index in [2.05, 4.69) is 92.8 Å². The monoisotopic (exact) mass is 678 g/mol. The first-order valence-electron chi connectivity index (χ1n) is 17.4. The molecule has 0 bridgehead atoms. The summed E-state index contributed by atoms with van der Waals surface area (Å²) in [5.41, 5.74) is 8.59. The Hall–Kier alpha value is -7.56. The summed E-state index contributed by atoms with van der Waals surface area (Å²) < 4.78 is 10.8. The van der Waals surface area contributed by atoms with Crippen molar-refractivity contribution in [2.75, 3.05) is 0 Å². The lowest BCUT2D eigenvalue weighted by molar-refractivity contribution is 0.669. The molecular formula is C46H26N6O. The van der Waals surface area contributed by atoms with Gasteiger partial charge < -0.3 is 8.98 Å². The van der Waals surface area contributed by atoms with Crippen LogP contribution in [0.3, 0.4) is 0 Å². The van der Waals surface area contributed by atoms with E-state index in [9.17, 15) is 0 Å². The van der Waals surface area contributed by atoms with Crippen LogP contribution in [0.2, 0.25) is 0 Å². The minimum Gasteiger partial charge on any atom is -0.456 e. The van der Waals surface area contributed by atoms with Gasteiger partial charge in [0, 0.05) is 38.1 Å². The first-order valence-corrected chi connectivity index (χ1v) is 17.4. The zero-order valence-corrected chi connectivity index (χ0v) is 28.1. The van der Waals surface area contributed by atoms with Crippen LogP contribution in [0.4, 0.5) is 5.69 Å². The van der Waals surface area contributed by atoms with E-state index in [0.29, 0.717) is 28.8 Å². The molecule has 0 aliphatic rings. The number of aromatic nitrogens is 5. The Morgan fingerprint density at radius 2 is 1.09 bits per heavy atom. The van der Waals surface area contributed by atoms with Crippen molar-refractivity contribution in [3.63, 3.8) is 0 Å². The lowest BCUT2D eigenvalue weighted by Gasteiger charge is -2.16. The van der Waals surface area contributed by atoms with Crippen molar-refractivity contribution < 1.29 is 4.42 Å². The molecular weight excluding hydrogens is 653 g/mol. The Morgan fingerprint density at radius 3 is 1.81 bits per heavy atom. The summed E-state index contributed by atoms with van der Waals surface area (Å²) in [6, 6.07) is 53.2. The van der Waals surface area contributed by atoms with E-state index < -0.39 is 0 Å². The third-order valence-electron chi connectivity index (χ3n) is 10.2. The Bertz CT molecular complexity index is 3260. The second-order valence-corrected chi connectivity index (χ2v) is 13.1. The largest absolute Gasteiger partial charge is 0.456 e. The summed E-state index contributed by atoms with van der Waals surface area (Å²) in [5, 5.41) is 6.51. The summed E-state index contributed by atoms with van der Waals surface area (Å²) in [6.45, 7) is 8.05. The second-order valence-electron chi connectivity index (χ2n) is 13.1. The highest BCUT2D eigenvalue weighted by Crippen LogP contribution is 2.43. The van der Waals surface area contributed by atoms with Crippen molar-refractivity contribution in [2.24, 2.45) is 0 Å². The van der Waals surface area contributed by atoms with Gasteiger partial charge in [-0.15, -0.1) is 0 Å². The first kappa shape index (κ1) is 29.2. The van der Waals surface area contributed by atoms with Crippen LogP contribution in [-0.4, -0.2) is 24.1 Å². The van der Waals surface area contributed by atoms with Gasteiger partial charge >= 0.3 is 0 Å². The Labute approximate surface area is 302 Å². The number of nitrogens with zero attached hydrogens (tertiary/aromatic N) is 6. The van der Waals surface area contributed by atoms with Gasteiger partial charge in [0.15, 0.2) is 17.3 Å². The van der Waals surface area contributed by atoms with Gasteiger partial charge in [0.2, 0.25) is 5.95 Å². The number of furan rings is 1.